The molecule has 0 aromatic rings. The molecule has 0 aromatic heterocycles. The van der Waals surface area contributed by atoms with E-state index in [1.165, 1.54) is 135 Å². The van der Waals surface area contributed by atoms with Crippen molar-refractivity contribution < 1.29 is 39.8 Å². The van der Waals surface area contributed by atoms with E-state index in [4.69, 9.17) is 9.47 Å². The second-order valence-electron chi connectivity index (χ2n) is 15.8. The number of unbranched alkanes of at least 4 members (excludes halogenated alkanes) is 25. The predicted molar refractivity (Wildman–Crippen MR) is 217 cm³/mol. The highest BCUT2D eigenvalue weighted by Crippen LogP contribution is 2.23. The Bertz CT molecular complexity index is 842. The molecule has 53 heavy (non-hydrogen) atoms. The molecule has 6 N–H and O–H groups in total. The van der Waals surface area contributed by atoms with Crippen LogP contribution >= 0.6 is 0 Å². The first-order chi connectivity index (χ1) is 25.8. The van der Waals surface area contributed by atoms with Crippen LogP contribution in [0.1, 0.15) is 206 Å². The molecule has 1 fully saturated rings. The van der Waals surface area contributed by atoms with Crippen molar-refractivity contribution in [2.24, 2.45) is 0 Å². The summed E-state index contributed by atoms with van der Waals surface area (Å²) < 4.78 is 11.2. The fourth-order valence-electron chi connectivity index (χ4n) is 7.21. The summed E-state index contributed by atoms with van der Waals surface area (Å²) in [7, 11) is 0. The molecule has 0 saturated carbocycles. The largest absolute Gasteiger partial charge is 0.394 e. The maximum atomic E-state index is 12.9. The van der Waals surface area contributed by atoms with Gasteiger partial charge in [0.25, 0.3) is 0 Å². The number of hydrogen-bond acceptors (Lipinski definition) is 8. The Morgan fingerprint density at radius 1 is 0.623 bits per heavy atom. The van der Waals surface area contributed by atoms with Crippen molar-refractivity contribution in [1.29, 1.82) is 0 Å². The molecule has 1 rings (SSSR count). The van der Waals surface area contributed by atoms with Crippen molar-refractivity contribution in [2.45, 2.75) is 249 Å². The van der Waals surface area contributed by atoms with Gasteiger partial charge in [0.15, 0.2) is 6.29 Å². The summed E-state index contributed by atoms with van der Waals surface area (Å²) in [6.07, 6.45) is 32.2. The van der Waals surface area contributed by atoms with Gasteiger partial charge in [-0.3, -0.25) is 4.79 Å². The molecule has 1 aliphatic heterocycles. The first-order valence-electron chi connectivity index (χ1n) is 22.4. The number of aliphatic hydroxyl groups is 5. The monoisotopic (exact) mass is 756 g/mol. The van der Waals surface area contributed by atoms with Crippen LogP contribution in [0.5, 0.6) is 0 Å². The lowest BCUT2D eigenvalue weighted by molar-refractivity contribution is -0.302. The molecule has 1 saturated heterocycles. The summed E-state index contributed by atoms with van der Waals surface area (Å²) in [6, 6.07) is -0.728. The van der Waals surface area contributed by atoms with Crippen LogP contribution in [-0.2, 0) is 14.3 Å². The first kappa shape index (κ1) is 49.9. The van der Waals surface area contributed by atoms with E-state index in [9.17, 15) is 30.3 Å². The van der Waals surface area contributed by atoms with Gasteiger partial charge in [0, 0.05) is 6.42 Å². The maximum Gasteiger partial charge on any atom is 0.220 e. The van der Waals surface area contributed by atoms with Crippen molar-refractivity contribution in [3.8, 4) is 0 Å². The number of amides is 1. The highest BCUT2D eigenvalue weighted by atomic mass is 16.7. The molecule has 1 amide bonds. The number of carbonyl (C=O) groups excluding carboxylic acids is 1. The van der Waals surface area contributed by atoms with Crippen LogP contribution in [0.25, 0.3) is 0 Å². The zero-order valence-corrected chi connectivity index (χ0v) is 34.3. The lowest BCUT2D eigenvalue weighted by Gasteiger charge is -2.40. The third-order valence-electron chi connectivity index (χ3n) is 10.9. The SMILES string of the molecule is CCCCCCCCCCCC/C=C/CCCC[C@@H](O)[C@H](CO[C@@H]1O[C@H](CO)[C@@H](O)C(O)C1O)NC(=O)CCCCCCCCCCCCCCCC. The standard InChI is InChI=1S/C44H85NO8/c1-3-5-7-9-11-13-15-17-19-20-21-23-25-27-29-31-33-38(47)37(36-52-44-43(51)42(50)41(49)39(35-46)53-44)45-40(48)34-32-30-28-26-24-22-18-16-14-12-10-8-6-4-2/h23,25,37-39,41-44,46-47,49-51H,3-22,24,26-36H2,1-2H3,(H,45,48)/b25-23+/t37-,38+,39+,41+,42?,43?,44+/m0/s1. The van der Waals surface area contributed by atoms with Gasteiger partial charge in [0.2, 0.25) is 5.91 Å². The van der Waals surface area contributed by atoms with Crippen LogP contribution in [0.3, 0.4) is 0 Å². The Morgan fingerprint density at radius 3 is 1.53 bits per heavy atom. The average molecular weight is 756 g/mol. The molecular formula is C44H85NO8. The van der Waals surface area contributed by atoms with E-state index in [1.54, 1.807) is 0 Å². The second-order valence-corrected chi connectivity index (χ2v) is 15.8. The highest BCUT2D eigenvalue weighted by molar-refractivity contribution is 5.76. The number of aliphatic hydroxyl groups excluding tert-OH is 5. The van der Waals surface area contributed by atoms with Crippen molar-refractivity contribution in [2.75, 3.05) is 13.2 Å². The van der Waals surface area contributed by atoms with Gasteiger partial charge >= 0.3 is 0 Å². The number of allylic oxidation sites excluding steroid dienone is 2. The summed E-state index contributed by atoms with van der Waals surface area (Å²) in [5.41, 5.74) is 0. The van der Waals surface area contributed by atoms with Gasteiger partial charge in [-0.05, 0) is 38.5 Å². The van der Waals surface area contributed by atoms with Gasteiger partial charge in [-0.1, -0.05) is 174 Å². The van der Waals surface area contributed by atoms with Gasteiger partial charge in [-0.25, -0.2) is 0 Å². The Balaban J connectivity index is 2.36. The normalized spacial score (nSPS) is 21.7. The minimum Gasteiger partial charge on any atom is -0.394 e. The molecule has 2 unspecified atom stereocenters. The smallest absolute Gasteiger partial charge is 0.220 e. The molecule has 7 atom stereocenters. The van der Waals surface area contributed by atoms with E-state index >= 15 is 0 Å². The lowest BCUT2D eigenvalue weighted by Crippen LogP contribution is -2.60. The number of ether oxygens (including phenoxy) is 2. The van der Waals surface area contributed by atoms with Crippen LogP contribution in [0.2, 0.25) is 0 Å². The van der Waals surface area contributed by atoms with Crippen LogP contribution in [0, 0.1) is 0 Å². The van der Waals surface area contributed by atoms with Gasteiger partial charge in [-0.2, -0.15) is 0 Å². The molecule has 0 bridgehead atoms. The minimum atomic E-state index is -1.55. The number of hydrogen-bond donors (Lipinski definition) is 6. The molecule has 0 aromatic carbocycles. The zero-order chi connectivity index (χ0) is 38.8. The quantitative estimate of drug-likeness (QED) is 0.0272. The molecule has 0 spiro atoms. The van der Waals surface area contributed by atoms with Gasteiger partial charge in [0.1, 0.15) is 24.4 Å². The van der Waals surface area contributed by atoms with Crippen LogP contribution < -0.4 is 5.32 Å². The van der Waals surface area contributed by atoms with Gasteiger partial charge in [-0.15, -0.1) is 0 Å². The van der Waals surface area contributed by atoms with E-state index in [-0.39, 0.29) is 12.5 Å². The number of nitrogens with one attached hydrogen (secondary N) is 1. The molecule has 9 heteroatoms. The Morgan fingerprint density at radius 2 is 1.06 bits per heavy atom. The molecule has 1 heterocycles. The summed E-state index contributed by atoms with van der Waals surface area (Å²) in [6.45, 7) is 3.82. The van der Waals surface area contributed by atoms with Gasteiger partial charge < -0.3 is 40.3 Å². The van der Waals surface area contributed by atoms with E-state index < -0.39 is 49.5 Å². The van der Waals surface area contributed by atoms with Crippen LogP contribution in [0.4, 0.5) is 0 Å². The summed E-state index contributed by atoms with van der Waals surface area (Å²) in [5, 5.41) is 54.2. The van der Waals surface area contributed by atoms with Gasteiger partial charge in [0.05, 0.1) is 25.4 Å². The predicted octanol–water partition coefficient (Wildman–Crippen LogP) is 8.95. The highest BCUT2D eigenvalue weighted by Gasteiger charge is 2.44. The van der Waals surface area contributed by atoms with Crippen LogP contribution in [-0.4, -0.2) is 87.5 Å². The fourth-order valence-corrected chi connectivity index (χ4v) is 7.21. The Hall–Kier alpha value is -1.07. The minimum absolute atomic E-state index is 0.146. The van der Waals surface area contributed by atoms with Crippen molar-refractivity contribution >= 4 is 5.91 Å². The first-order valence-corrected chi connectivity index (χ1v) is 22.4. The third-order valence-corrected chi connectivity index (χ3v) is 10.9. The lowest BCUT2D eigenvalue weighted by atomic mass is 9.99. The summed E-state index contributed by atoms with van der Waals surface area (Å²) in [5.74, 6) is -0.153. The fraction of sp³-hybridized carbons (Fsp3) is 0.932. The second kappa shape index (κ2) is 35.4. The average Bonchev–Trinajstić information content (AvgIpc) is 3.16. The van der Waals surface area contributed by atoms with Crippen LogP contribution in [0.15, 0.2) is 12.2 Å². The molecule has 9 nitrogen and oxygen atoms in total. The van der Waals surface area contributed by atoms with E-state index in [1.807, 2.05) is 0 Å². The molecule has 0 radical (unpaired) electrons. The number of carbonyl (C=O) groups is 1. The third kappa shape index (κ3) is 26.4. The van der Waals surface area contributed by atoms with Crippen molar-refractivity contribution in [3.63, 3.8) is 0 Å². The number of rotatable bonds is 37. The topological polar surface area (TPSA) is 149 Å². The van der Waals surface area contributed by atoms with Crippen molar-refractivity contribution in [1.82, 2.24) is 5.32 Å². The van der Waals surface area contributed by atoms with E-state index in [2.05, 4.69) is 31.3 Å². The molecule has 314 valence electrons. The zero-order valence-electron chi connectivity index (χ0n) is 34.3. The van der Waals surface area contributed by atoms with Crippen molar-refractivity contribution in [3.05, 3.63) is 12.2 Å². The Kier molecular flexibility index (Phi) is 33.3. The molecule has 1 aliphatic rings. The van der Waals surface area contributed by atoms with E-state index in [0.29, 0.717) is 12.8 Å². The van der Waals surface area contributed by atoms with E-state index in [0.717, 1.165) is 44.9 Å². The molecule has 0 aliphatic carbocycles. The maximum absolute atomic E-state index is 12.9. The Labute approximate surface area is 325 Å². The molecular weight excluding hydrogens is 670 g/mol. The summed E-state index contributed by atoms with van der Waals surface area (Å²) >= 11 is 0. The summed E-state index contributed by atoms with van der Waals surface area (Å²) in [4.78, 5) is 12.9.